The smallest absolute Gasteiger partial charge is 0.0709 e. The van der Waals surface area contributed by atoms with Crippen LogP contribution in [0, 0.1) is 13.8 Å². The first-order chi connectivity index (χ1) is 16.7. The Labute approximate surface area is 220 Å². The summed E-state index contributed by atoms with van der Waals surface area (Å²) >= 11 is 0. The summed E-state index contributed by atoms with van der Waals surface area (Å²) in [5.41, 5.74) is 9.04. The minimum Gasteiger partial charge on any atom is -0.248 e. The van der Waals surface area contributed by atoms with Gasteiger partial charge in [0.2, 0.25) is 0 Å². The van der Waals surface area contributed by atoms with Crippen LogP contribution in [0.25, 0.3) is 44.3 Å². The summed E-state index contributed by atoms with van der Waals surface area (Å²) in [6.07, 6.45) is 0. The number of nitrogens with zero attached hydrogens (tertiary/aromatic N) is 2. The topological polar surface area (TPSA) is 25.8 Å². The maximum absolute atomic E-state index is 4.69. The van der Waals surface area contributed by atoms with Gasteiger partial charge in [0.25, 0.3) is 0 Å². The van der Waals surface area contributed by atoms with Crippen molar-refractivity contribution < 1.29 is 20.1 Å². The van der Waals surface area contributed by atoms with Crippen LogP contribution >= 0.6 is 0 Å². The Hall–Kier alpha value is -3.65. The van der Waals surface area contributed by atoms with Crippen LogP contribution in [-0.4, -0.2) is 9.97 Å². The van der Waals surface area contributed by atoms with E-state index in [2.05, 4.69) is 121 Å². The first kappa shape index (κ1) is 24.5. The molecule has 0 N–H and O–H groups in total. The zero-order chi connectivity index (χ0) is 23.3. The fraction of sp³-hybridized carbons (Fsp3) is 0.0625. The molecule has 0 unspecified atom stereocenters. The number of benzene rings is 4. The monoisotopic (exact) mass is 631 g/mol. The molecule has 0 amide bonds. The number of hydrogen-bond donors (Lipinski definition) is 0. The van der Waals surface area contributed by atoms with E-state index in [-0.39, 0.29) is 20.1 Å². The minimum atomic E-state index is 0. The molecule has 2 nitrogen and oxygen atoms in total. The van der Waals surface area contributed by atoms with Gasteiger partial charge in [0.1, 0.15) is 0 Å². The van der Waals surface area contributed by atoms with E-state index in [9.17, 15) is 0 Å². The van der Waals surface area contributed by atoms with Gasteiger partial charge in [-0.2, -0.15) is 0 Å². The predicted octanol–water partition coefficient (Wildman–Crippen LogP) is 8.42. The van der Waals surface area contributed by atoms with Crippen LogP contribution < -0.4 is 0 Å². The van der Waals surface area contributed by atoms with Crippen LogP contribution in [-0.2, 0) is 20.1 Å². The van der Waals surface area contributed by atoms with Gasteiger partial charge in [0, 0.05) is 42.0 Å². The predicted molar refractivity (Wildman–Crippen MR) is 144 cm³/mol. The maximum atomic E-state index is 4.69. The quantitative estimate of drug-likeness (QED) is 0.192. The molecule has 3 heteroatoms. The standard InChI is InChI=1S/2C16H13N.Ir/c2*1-12-5-4-7-14(11-12)16-10-9-13-6-2-3-8-15(13)17-16;/h2*2-11H,1H3;. The Morgan fingerprint density at radius 3 is 1.29 bits per heavy atom. The van der Waals surface area contributed by atoms with E-state index in [0.29, 0.717) is 0 Å². The van der Waals surface area contributed by atoms with Crippen molar-refractivity contribution in [1.82, 2.24) is 9.97 Å². The summed E-state index contributed by atoms with van der Waals surface area (Å²) in [5, 5.41) is 2.37. The van der Waals surface area contributed by atoms with Crippen molar-refractivity contribution in [2.24, 2.45) is 0 Å². The summed E-state index contributed by atoms with van der Waals surface area (Å²) in [7, 11) is 0. The van der Waals surface area contributed by atoms with E-state index in [0.717, 1.165) is 22.4 Å². The van der Waals surface area contributed by atoms with Crippen molar-refractivity contribution in [3.8, 4) is 22.5 Å². The number of fused-ring (bicyclic) bond motifs is 2. The Morgan fingerprint density at radius 2 is 0.857 bits per heavy atom. The second kappa shape index (κ2) is 11.2. The van der Waals surface area contributed by atoms with E-state index < -0.39 is 0 Å². The summed E-state index contributed by atoms with van der Waals surface area (Å²) < 4.78 is 0. The molecule has 0 saturated heterocycles. The molecule has 0 bridgehead atoms. The van der Waals surface area contributed by atoms with E-state index in [1.807, 2.05) is 24.3 Å². The van der Waals surface area contributed by atoms with Crippen molar-refractivity contribution in [2.45, 2.75) is 13.8 Å². The third-order valence-corrected chi connectivity index (χ3v) is 5.82. The number of pyridine rings is 2. The molecule has 4 aromatic carbocycles. The molecule has 1 radical (unpaired) electrons. The minimum absolute atomic E-state index is 0. The average Bonchev–Trinajstić information content (AvgIpc) is 2.88. The van der Waals surface area contributed by atoms with Crippen molar-refractivity contribution in [3.63, 3.8) is 0 Å². The van der Waals surface area contributed by atoms with Gasteiger partial charge in [-0.15, -0.1) is 0 Å². The van der Waals surface area contributed by atoms with Crippen molar-refractivity contribution >= 4 is 21.8 Å². The second-order valence-electron chi connectivity index (χ2n) is 8.52. The van der Waals surface area contributed by atoms with Gasteiger partial charge in [-0.05, 0) is 50.2 Å². The summed E-state index contributed by atoms with van der Waals surface area (Å²) in [6, 6.07) is 41.7. The SMILES string of the molecule is Cc1cccc(-c2ccc3ccccc3n2)c1.Cc1cccc(-c2ccc3ccccc3n2)c1.[Ir]. The molecule has 35 heavy (non-hydrogen) atoms. The fourth-order valence-electron chi connectivity index (χ4n) is 4.06. The van der Waals surface area contributed by atoms with Crippen LogP contribution in [0.1, 0.15) is 11.1 Å². The largest absolute Gasteiger partial charge is 0.248 e. The molecule has 6 aromatic rings. The first-order valence-electron chi connectivity index (χ1n) is 11.5. The van der Waals surface area contributed by atoms with Crippen LogP contribution in [0.3, 0.4) is 0 Å². The van der Waals surface area contributed by atoms with E-state index in [1.165, 1.54) is 33.0 Å². The van der Waals surface area contributed by atoms with Crippen LogP contribution in [0.4, 0.5) is 0 Å². The molecule has 0 spiro atoms. The fourth-order valence-corrected chi connectivity index (χ4v) is 4.06. The van der Waals surface area contributed by atoms with Gasteiger partial charge < -0.3 is 0 Å². The number of para-hydroxylation sites is 2. The van der Waals surface area contributed by atoms with Crippen molar-refractivity contribution in [1.29, 1.82) is 0 Å². The molecule has 0 aliphatic rings. The second-order valence-corrected chi connectivity index (χ2v) is 8.52. The van der Waals surface area contributed by atoms with Crippen LogP contribution in [0.15, 0.2) is 121 Å². The summed E-state index contributed by atoms with van der Waals surface area (Å²) in [6.45, 7) is 4.20. The first-order valence-corrected chi connectivity index (χ1v) is 11.5. The Bertz CT molecular complexity index is 1470. The number of aryl methyl sites for hydroxylation is 2. The average molecular weight is 631 g/mol. The maximum Gasteiger partial charge on any atom is 0.0709 e. The molecule has 0 aliphatic heterocycles. The molecule has 0 atom stereocenters. The van der Waals surface area contributed by atoms with Gasteiger partial charge in [-0.25, -0.2) is 9.97 Å². The van der Waals surface area contributed by atoms with E-state index >= 15 is 0 Å². The van der Waals surface area contributed by atoms with Crippen LogP contribution in [0.2, 0.25) is 0 Å². The number of aromatic nitrogens is 2. The third-order valence-electron chi connectivity index (χ3n) is 5.82. The van der Waals surface area contributed by atoms with Gasteiger partial charge in [-0.3, -0.25) is 0 Å². The van der Waals surface area contributed by atoms with Crippen LogP contribution in [0.5, 0.6) is 0 Å². The zero-order valence-corrected chi connectivity index (χ0v) is 22.2. The summed E-state index contributed by atoms with van der Waals surface area (Å²) in [4.78, 5) is 9.37. The van der Waals surface area contributed by atoms with Gasteiger partial charge >= 0.3 is 0 Å². The molecule has 0 fully saturated rings. The number of rotatable bonds is 2. The molecule has 2 heterocycles. The Morgan fingerprint density at radius 1 is 0.429 bits per heavy atom. The van der Waals surface area contributed by atoms with Crippen molar-refractivity contribution in [2.75, 3.05) is 0 Å². The molecular weight excluding hydrogens is 605 g/mol. The molecule has 0 saturated carbocycles. The summed E-state index contributed by atoms with van der Waals surface area (Å²) in [5.74, 6) is 0. The molecule has 0 aliphatic carbocycles. The van der Waals surface area contributed by atoms with Gasteiger partial charge in [-0.1, -0.05) is 96.1 Å². The van der Waals surface area contributed by atoms with E-state index in [1.54, 1.807) is 0 Å². The van der Waals surface area contributed by atoms with Gasteiger partial charge in [0.15, 0.2) is 0 Å². The Kier molecular flexibility index (Phi) is 7.82. The molecule has 2 aromatic heterocycles. The zero-order valence-electron chi connectivity index (χ0n) is 19.8. The van der Waals surface area contributed by atoms with E-state index in [4.69, 9.17) is 0 Å². The normalized spacial score (nSPS) is 10.3. The third kappa shape index (κ3) is 5.89. The van der Waals surface area contributed by atoms with Crippen molar-refractivity contribution in [3.05, 3.63) is 132 Å². The van der Waals surface area contributed by atoms with Gasteiger partial charge in [0.05, 0.1) is 22.4 Å². The Balaban J connectivity index is 0.000000160. The molecule has 6 rings (SSSR count). The molecular formula is C32H26IrN2. The number of hydrogen-bond acceptors (Lipinski definition) is 2. The molecule has 173 valence electrons.